The topological polar surface area (TPSA) is 96.6 Å². The highest BCUT2D eigenvalue weighted by atomic mass is 16.5. The molecular formula is C44H60N2O6. The van der Waals surface area contributed by atoms with Gasteiger partial charge < -0.3 is 9.47 Å². The molecule has 0 atom stereocenters. The van der Waals surface area contributed by atoms with Crippen molar-refractivity contribution >= 4 is 43.1 Å². The number of aromatic nitrogens is 2. The Morgan fingerprint density at radius 3 is 0.846 bits per heavy atom. The van der Waals surface area contributed by atoms with Crippen LogP contribution in [0.25, 0.3) is 43.1 Å². The highest BCUT2D eigenvalue weighted by Gasteiger charge is 2.23. The molecule has 2 aromatic heterocycles. The highest BCUT2D eigenvalue weighted by molar-refractivity contribution is 6.17. The van der Waals surface area contributed by atoms with E-state index in [9.17, 15) is 19.2 Å². The Kier molecular flexibility index (Phi) is 14.5. The summed E-state index contributed by atoms with van der Waals surface area (Å²) in [6.07, 6.45) is 24.1. The summed E-state index contributed by atoms with van der Waals surface area (Å²) in [5.74, 6) is 1.09. The molecule has 0 fully saturated rings. The van der Waals surface area contributed by atoms with Gasteiger partial charge in [0.15, 0.2) is 0 Å². The van der Waals surface area contributed by atoms with E-state index in [0.29, 0.717) is 67.8 Å². The lowest BCUT2D eigenvalue weighted by Crippen LogP contribution is -2.20. The van der Waals surface area contributed by atoms with Crippen LogP contribution in [-0.2, 0) is 14.1 Å². The van der Waals surface area contributed by atoms with E-state index < -0.39 is 0 Å². The van der Waals surface area contributed by atoms with Crippen LogP contribution in [0.2, 0.25) is 0 Å². The second-order valence-electron chi connectivity index (χ2n) is 14.9. The van der Waals surface area contributed by atoms with Gasteiger partial charge in [-0.2, -0.15) is 0 Å². The molecule has 0 saturated heterocycles. The van der Waals surface area contributed by atoms with Crippen molar-refractivity contribution < 1.29 is 9.47 Å². The van der Waals surface area contributed by atoms with Gasteiger partial charge in [-0.25, -0.2) is 0 Å². The normalized spacial score (nSPS) is 11.9. The molecule has 0 bridgehead atoms. The fraction of sp³-hybridized carbons (Fsp3) is 0.591. The lowest BCUT2D eigenvalue weighted by molar-refractivity contribution is 0.306. The standard InChI is InChI=1S/C44H60N2O6/c1-5-7-9-11-13-15-17-19-21-23-25-51-39-31-27-35-37(43(49)45(3)41(35)47)29-33(31)40(52-26-24-22-20-18-16-14-12-10-8-6-2)34-30-38-36(28-32(34)39)42(48)46(4)44(38)50/h27-30H,5-26H2,1-4H3. The Morgan fingerprint density at radius 2 is 0.596 bits per heavy atom. The third-order valence-corrected chi connectivity index (χ3v) is 10.9. The highest BCUT2D eigenvalue weighted by Crippen LogP contribution is 2.45. The van der Waals surface area contributed by atoms with Gasteiger partial charge in [0.2, 0.25) is 0 Å². The first-order valence-electron chi connectivity index (χ1n) is 20.3. The largest absolute Gasteiger partial charge is 0.492 e. The lowest BCUT2D eigenvalue weighted by atomic mass is 9.96. The fourth-order valence-corrected chi connectivity index (χ4v) is 7.69. The van der Waals surface area contributed by atoms with Crippen molar-refractivity contribution in [2.24, 2.45) is 14.1 Å². The number of unbranched alkanes of at least 4 members (excludes halogenated alkanes) is 18. The number of hydrogen-bond donors (Lipinski definition) is 0. The second kappa shape index (κ2) is 19.2. The Hall–Kier alpha value is -3.94. The van der Waals surface area contributed by atoms with Gasteiger partial charge in [-0.3, -0.25) is 28.3 Å². The first kappa shape index (κ1) is 39.3. The molecule has 0 spiro atoms. The molecular weight excluding hydrogens is 652 g/mol. The van der Waals surface area contributed by atoms with Crippen molar-refractivity contribution in [2.45, 2.75) is 142 Å². The van der Waals surface area contributed by atoms with Crippen molar-refractivity contribution in [3.8, 4) is 11.5 Å². The molecule has 8 heteroatoms. The molecule has 5 aromatic rings. The summed E-state index contributed by atoms with van der Waals surface area (Å²) in [4.78, 5) is 52.7. The van der Waals surface area contributed by atoms with Crippen molar-refractivity contribution in [1.82, 2.24) is 9.13 Å². The molecule has 0 N–H and O–H groups in total. The van der Waals surface area contributed by atoms with Gasteiger partial charge in [0.05, 0.1) is 34.8 Å². The Labute approximate surface area is 307 Å². The van der Waals surface area contributed by atoms with Crippen LogP contribution in [0.15, 0.2) is 43.4 Å². The maximum atomic E-state index is 13.2. The summed E-state index contributed by atoms with van der Waals surface area (Å²) in [5.41, 5.74) is -1.42. The monoisotopic (exact) mass is 712 g/mol. The predicted octanol–water partition coefficient (Wildman–Crippen LogP) is 9.89. The zero-order valence-electron chi connectivity index (χ0n) is 32.2. The first-order valence-corrected chi connectivity index (χ1v) is 20.3. The smallest absolute Gasteiger partial charge is 0.261 e. The van der Waals surface area contributed by atoms with Gasteiger partial charge >= 0.3 is 0 Å². The summed E-state index contributed by atoms with van der Waals surface area (Å²) in [6.45, 7) is 5.42. The van der Waals surface area contributed by atoms with Crippen LogP contribution >= 0.6 is 0 Å². The maximum Gasteiger partial charge on any atom is 0.261 e. The van der Waals surface area contributed by atoms with Crippen LogP contribution in [0.3, 0.4) is 0 Å². The van der Waals surface area contributed by atoms with E-state index in [2.05, 4.69) is 13.8 Å². The Bertz CT molecular complexity index is 1880. The van der Waals surface area contributed by atoms with Crippen LogP contribution < -0.4 is 31.7 Å². The van der Waals surface area contributed by atoms with E-state index in [1.165, 1.54) is 104 Å². The Balaban J connectivity index is 1.43. The molecule has 0 aliphatic heterocycles. The van der Waals surface area contributed by atoms with E-state index in [1.54, 1.807) is 24.3 Å². The quantitative estimate of drug-likeness (QED) is 0.0467. The maximum absolute atomic E-state index is 13.2. The van der Waals surface area contributed by atoms with E-state index in [0.717, 1.165) is 47.7 Å². The number of nitrogens with zero attached hydrogens (tertiary/aromatic N) is 2. The molecule has 0 radical (unpaired) electrons. The summed E-state index contributed by atoms with van der Waals surface area (Å²) < 4.78 is 15.5. The molecule has 0 unspecified atom stereocenters. The van der Waals surface area contributed by atoms with E-state index in [4.69, 9.17) is 9.47 Å². The molecule has 52 heavy (non-hydrogen) atoms. The minimum Gasteiger partial charge on any atom is -0.492 e. The van der Waals surface area contributed by atoms with Gasteiger partial charge in [0.25, 0.3) is 22.2 Å². The summed E-state index contributed by atoms with van der Waals surface area (Å²) >= 11 is 0. The molecule has 2 heterocycles. The van der Waals surface area contributed by atoms with Gasteiger partial charge in [0.1, 0.15) is 11.5 Å². The third-order valence-electron chi connectivity index (χ3n) is 10.9. The van der Waals surface area contributed by atoms with Crippen LogP contribution in [0, 0.1) is 0 Å². The van der Waals surface area contributed by atoms with Gasteiger partial charge in [0, 0.05) is 35.6 Å². The average molecular weight is 713 g/mol. The van der Waals surface area contributed by atoms with Gasteiger partial charge in [-0.1, -0.05) is 129 Å². The van der Waals surface area contributed by atoms with Crippen molar-refractivity contribution in [3.05, 3.63) is 65.7 Å². The Morgan fingerprint density at radius 1 is 0.365 bits per heavy atom. The van der Waals surface area contributed by atoms with Crippen LogP contribution in [-0.4, -0.2) is 22.3 Å². The fourth-order valence-electron chi connectivity index (χ4n) is 7.69. The number of fused-ring (bicyclic) bond motifs is 4. The minimum atomic E-state index is -0.355. The molecule has 3 aromatic carbocycles. The number of hydrogen-bond acceptors (Lipinski definition) is 6. The summed E-state index contributed by atoms with van der Waals surface area (Å²) in [5, 5.41) is 3.98. The molecule has 8 nitrogen and oxygen atoms in total. The van der Waals surface area contributed by atoms with E-state index in [-0.39, 0.29) is 22.2 Å². The minimum absolute atomic E-state index is 0.330. The van der Waals surface area contributed by atoms with E-state index >= 15 is 0 Å². The van der Waals surface area contributed by atoms with Crippen molar-refractivity contribution in [1.29, 1.82) is 0 Å². The molecule has 282 valence electrons. The number of rotatable bonds is 24. The zero-order chi connectivity index (χ0) is 37.0. The molecule has 0 amide bonds. The first-order chi connectivity index (χ1) is 25.3. The molecule has 0 saturated carbocycles. The van der Waals surface area contributed by atoms with Crippen LogP contribution in [0.4, 0.5) is 0 Å². The van der Waals surface area contributed by atoms with Gasteiger partial charge in [-0.05, 0) is 37.1 Å². The van der Waals surface area contributed by atoms with Gasteiger partial charge in [-0.15, -0.1) is 0 Å². The molecule has 0 aliphatic rings. The summed E-state index contributed by atoms with van der Waals surface area (Å²) in [7, 11) is 2.99. The second-order valence-corrected chi connectivity index (χ2v) is 14.9. The SMILES string of the molecule is CCCCCCCCCCCCOc1c2cc3c(=O)n(C)c(=O)c3cc2c(OCCCCCCCCCCCC)c2cc3c(=O)n(C)c(=O)c3cc12. The van der Waals surface area contributed by atoms with Crippen LogP contribution in [0.1, 0.15) is 142 Å². The lowest BCUT2D eigenvalue weighted by Gasteiger charge is -2.18. The average Bonchev–Trinajstić information content (AvgIpc) is 3.49. The van der Waals surface area contributed by atoms with E-state index in [1.807, 2.05) is 0 Å². The predicted molar refractivity (Wildman–Crippen MR) is 217 cm³/mol. The number of benzene rings is 3. The van der Waals surface area contributed by atoms with Crippen molar-refractivity contribution in [2.75, 3.05) is 13.2 Å². The third kappa shape index (κ3) is 8.98. The molecule has 0 aliphatic carbocycles. The van der Waals surface area contributed by atoms with Crippen LogP contribution in [0.5, 0.6) is 11.5 Å². The molecule has 5 rings (SSSR count). The van der Waals surface area contributed by atoms with Crippen molar-refractivity contribution in [3.63, 3.8) is 0 Å². The number of ether oxygens (including phenoxy) is 2. The zero-order valence-corrected chi connectivity index (χ0v) is 32.2. The summed E-state index contributed by atoms with van der Waals surface area (Å²) in [6, 6.07) is 7.01.